The van der Waals surface area contributed by atoms with E-state index in [1.165, 1.54) is 50.0 Å². The number of aromatic nitrogens is 4. The first kappa shape index (κ1) is 24.4. The Kier molecular flexibility index (Phi) is 5.97. The van der Waals surface area contributed by atoms with Crippen LogP contribution in [0.4, 0.5) is 13.2 Å². The Bertz CT molecular complexity index is 1670. The largest absolute Gasteiger partial charge is 0.416 e. The van der Waals surface area contributed by atoms with Crippen LogP contribution in [0, 0.1) is 18.3 Å². The Morgan fingerprint density at radius 3 is 2.31 bits per heavy atom. The molecule has 0 amide bonds. The highest BCUT2D eigenvalue weighted by Gasteiger charge is 2.31. The molecule has 2 aromatic carbocycles. The maximum Gasteiger partial charge on any atom is 0.416 e. The van der Waals surface area contributed by atoms with E-state index in [2.05, 4.69) is 5.10 Å². The summed E-state index contributed by atoms with van der Waals surface area (Å²) in [5.74, 6) is -0.414. The van der Waals surface area contributed by atoms with Gasteiger partial charge < -0.3 is 0 Å². The fraction of sp³-hybridized carbons (Fsp3) is 0.160. The summed E-state index contributed by atoms with van der Waals surface area (Å²) in [4.78, 5) is 38.9. The molecule has 36 heavy (non-hydrogen) atoms. The van der Waals surface area contributed by atoms with Crippen LogP contribution in [-0.2, 0) is 13.2 Å². The van der Waals surface area contributed by atoms with Crippen molar-refractivity contribution < 1.29 is 18.0 Å². The average molecular weight is 493 g/mol. The summed E-state index contributed by atoms with van der Waals surface area (Å²) in [5, 5.41) is 13.3. The number of carbonyl (C=O) groups excluding carboxylic acids is 1. The SMILES string of the molecule is CC(=O)c1cnn(-c2ccc(C#N)cc2)c1-c1c(C)n(-c2cccc(C(F)(F)F)c2)c(=O)n(C)c1=O. The van der Waals surface area contributed by atoms with Gasteiger partial charge in [0.1, 0.15) is 0 Å². The lowest BCUT2D eigenvalue weighted by atomic mass is 10.0. The van der Waals surface area contributed by atoms with Gasteiger partial charge in [-0.2, -0.15) is 23.5 Å². The monoisotopic (exact) mass is 493 g/mol. The van der Waals surface area contributed by atoms with E-state index in [4.69, 9.17) is 5.26 Å². The molecular weight excluding hydrogens is 475 g/mol. The number of nitriles is 1. The second-order valence-electron chi connectivity index (χ2n) is 8.02. The molecule has 4 aromatic rings. The molecule has 0 atom stereocenters. The van der Waals surface area contributed by atoms with E-state index in [1.54, 1.807) is 12.1 Å². The molecule has 0 radical (unpaired) electrons. The van der Waals surface area contributed by atoms with Crippen LogP contribution in [0.15, 0.2) is 64.3 Å². The Morgan fingerprint density at radius 1 is 1.06 bits per heavy atom. The Balaban J connectivity index is 2.08. The third-order valence-electron chi connectivity index (χ3n) is 5.75. The van der Waals surface area contributed by atoms with E-state index in [1.807, 2.05) is 6.07 Å². The molecule has 2 aromatic heterocycles. The van der Waals surface area contributed by atoms with Gasteiger partial charge >= 0.3 is 11.9 Å². The Morgan fingerprint density at radius 2 is 1.72 bits per heavy atom. The van der Waals surface area contributed by atoms with Crippen LogP contribution < -0.4 is 11.2 Å². The van der Waals surface area contributed by atoms with E-state index in [0.29, 0.717) is 11.3 Å². The summed E-state index contributed by atoms with van der Waals surface area (Å²) >= 11 is 0. The summed E-state index contributed by atoms with van der Waals surface area (Å²) in [5.41, 5.74) is -1.76. The standard InChI is InChI=1S/C25H18F3N5O3/c1-14-21(22-20(15(2)34)13-30-33(22)18-9-7-16(12-29)8-10-18)23(35)31(3)24(36)32(14)19-6-4-5-17(11-19)25(26,27)28/h4-11,13H,1-3H3. The highest BCUT2D eigenvalue weighted by Crippen LogP contribution is 2.31. The van der Waals surface area contributed by atoms with Crippen molar-refractivity contribution >= 4 is 5.78 Å². The zero-order valence-electron chi connectivity index (χ0n) is 19.3. The van der Waals surface area contributed by atoms with Gasteiger partial charge in [0, 0.05) is 12.7 Å². The third-order valence-corrected chi connectivity index (χ3v) is 5.75. The Labute approximate surface area is 202 Å². The second-order valence-corrected chi connectivity index (χ2v) is 8.02. The lowest BCUT2D eigenvalue weighted by molar-refractivity contribution is -0.137. The van der Waals surface area contributed by atoms with Crippen LogP contribution in [0.3, 0.4) is 0 Å². The fourth-order valence-electron chi connectivity index (χ4n) is 3.93. The summed E-state index contributed by atoms with van der Waals surface area (Å²) in [6.07, 6.45) is -3.37. The zero-order valence-corrected chi connectivity index (χ0v) is 19.3. The summed E-state index contributed by atoms with van der Waals surface area (Å²) in [6.45, 7) is 2.70. The maximum absolute atomic E-state index is 13.4. The normalized spacial score (nSPS) is 11.4. The van der Waals surface area contributed by atoms with Gasteiger partial charge in [-0.1, -0.05) is 6.07 Å². The molecule has 4 rings (SSSR count). The van der Waals surface area contributed by atoms with Gasteiger partial charge in [0.05, 0.1) is 51.6 Å². The molecule has 182 valence electrons. The van der Waals surface area contributed by atoms with E-state index in [0.717, 1.165) is 27.3 Å². The van der Waals surface area contributed by atoms with Gasteiger partial charge in [0.2, 0.25) is 0 Å². The Hall–Kier alpha value is -4.72. The first-order chi connectivity index (χ1) is 17.0. The molecular formula is C25H18F3N5O3. The predicted octanol–water partition coefficient (Wildman–Crippen LogP) is 3.79. The molecule has 0 aliphatic rings. The zero-order chi connectivity index (χ0) is 26.4. The molecule has 0 saturated heterocycles. The molecule has 0 spiro atoms. The topological polar surface area (TPSA) is 103 Å². The minimum atomic E-state index is -4.65. The summed E-state index contributed by atoms with van der Waals surface area (Å²) in [6, 6.07) is 12.4. The van der Waals surface area contributed by atoms with Gasteiger partial charge in [0.15, 0.2) is 5.78 Å². The highest BCUT2D eigenvalue weighted by molar-refractivity contribution is 6.00. The van der Waals surface area contributed by atoms with Gasteiger partial charge in [-0.25, -0.2) is 9.48 Å². The van der Waals surface area contributed by atoms with Crippen molar-refractivity contribution in [2.24, 2.45) is 7.05 Å². The highest BCUT2D eigenvalue weighted by atomic mass is 19.4. The first-order valence-corrected chi connectivity index (χ1v) is 10.6. The third kappa shape index (κ3) is 4.02. The molecule has 8 nitrogen and oxygen atoms in total. The van der Waals surface area contributed by atoms with Crippen molar-refractivity contribution in [2.45, 2.75) is 20.0 Å². The quantitative estimate of drug-likeness (QED) is 0.403. The van der Waals surface area contributed by atoms with E-state index >= 15 is 0 Å². The predicted molar refractivity (Wildman–Crippen MR) is 124 cm³/mol. The van der Waals surface area contributed by atoms with Crippen LogP contribution in [0.1, 0.15) is 34.1 Å². The fourth-order valence-corrected chi connectivity index (χ4v) is 3.93. The number of carbonyl (C=O) groups is 1. The molecule has 0 bridgehead atoms. The number of rotatable bonds is 4. The van der Waals surface area contributed by atoms with Crippen molar-refractivity contribution in [3.8, 4) is 28.7 Å². The molecule has 0 aliphatic heterocycles. The van der Waals surface area contributed by atoms with Crippen molar-refractivity contribution in [1.82, 2.24) is 18.9 Å². The van der Waals surface area contributed by atoms with Crippen LogP contribution in [0.5, 0.6) is 0 Å². The van der Waals surface area contributed by atoms with Crippen LogP contribution in [-0.4, -0.2) is 24.7 Å². The van der Waals surface area contributed by atoms with Crippen LogP contribution in [0.25, 0.3) is 22.6 Å². The molecule has 0 N–H and O–H groups in total. The number of Topliss-reactive ketones (excluding diaryl/α,β-unsaturated/α-hetero) is 1. The number of nitrogens with zero attached hydrogens (tertiary/aromatic N) is 5. The molecule has 0 unspecified atom stereocenters. The van der Waals surface area contributed by atoms with Crippen LogP contribution >= 0.6 is 0 Å². The molecule has 2 heterocycles. The van der Waals surface area contributed by atoms with Gasteiger partial charge in [-0.3, -0.25) is 18.7 Å². The van der Waals surface area contributed by atoms with E-state index in [9.17, 15) is 27.6 Å². The van der Waals surface area contributed by atoms with Crippen molar-refractivity contribution in [3.63, 3.8) is 0 Å². The number of halogens is 3. The number of hydrogen-bond donors (Lipinski definition) is 0. The minimum absolute atomic E-state index is 0.0281. The number of alkyl halides is 3. The lowest BCUT2D eigenvalue weighted by Gasteiger charge is -2.18. The number of benzene rings is 2. The number of hydrogen-bond acceptors (Lipinski definition) is 5. The smallest absolute Gasteiger partial charge is 0.294 e. The second kappa shape index (κ2) is 8.81. The van der Waals surface area contributed by atoms with E-state index in [-0.39, 0.29) is 28.2 Å². The molecule has 0 fully saturated rings. The molecule has 0 aliphatic carbocycles. The van der Waals surface area contributed by atoms with Crippen molar-refractivity contribution in [1.29, 1.82) is 5.26 Å². The number of ketones is 1. The van der Waals surface area contributed by atoms with E-state index < -0.39 is 28.8 Å². The summed E-state index contributed by atoms with van der Waals surface area (Å²) < 4.78 is 43.1. The molecule has 11 heteroatoms. The van der Waals surface area contributed by atoms with Crippen LogP contribution in [0.2, 0.25) is 0 Å². The van der Waals surface area contributed by atoms with Gasteiger partial charge in [0.25, 0.3) is 5.56 Å². The summed E-state index contributed by atoms with van der Waals surface area (Å²) in [7, 11) is 1.20. The minimum Gasteiger partial charge on any atom is -0.294 e. The van der Waals surface area contributed by atoms with Gasteiger partial charge in [-0.05, 0) is 56.3 Å². The molecule has 0 saturated carbocycles. The van der Waals surface area contributed by atoms with Crippen molar-refractivity contribution in [3.05, 3.63) is 98.0 Å². The average Bonchev–Trinajstić information content (AvgIpc) is 3.27. The first-order valence-electron chi connectivity index (χ1n) is 10.6. The maximum atomic E-state index is 13.4. The van der Waals surface area contributed by atoms with Crippen molar-refractivity contribution in [2.75, 3.05) is 0 Å². The van der Waals surface area contributed by atoms with Gasteiger partial charge in [-0.15, -0.1) is 0 Å². The lowest BCUT2D eigenvalue weighted by Crippen LogP contribution is -2.40.